The summed E-state index contributed by atoms with van der Waals surface area (Å²) >= 11 is 0. The number of anilines is 1. The van der Waals surface area contributed by atoms with E-state index in [1.807, 2.05) is 31.5 Å². The molecule has 5 heteroatoms. The van der Waals surface area contributed by atoms with E-state index in [0.29, 0.717) is 11.4 Å². The van der Waals surface area contributed by atoms with Gasteiger partial charge in [0.25, 0.3) is 5.91 Å². The topological polar surface area (TPSA) is 46.9 Å². The highest BCUT2D eigenvalue weighted by Crippen LogP contribution is 2.26. The van der Waals surface area contributed by atoms with Gasteiger partial charge >= 0.3 is 0 Å². The van der Waals surface area contributed by atoms with Gasteiger partial charge in [0.1, 0.15) is 5.82 Å². The van der Waals surface area contributed by atoms with Crippen molar-refractivity contribution in [2.24, 2.45) is 7.05 Å². The largest absolute Gasteiger partial charge is 0.346 e. The molecule has 0 radical (unpaired) electrons. The number of hydrogen-bond acceptors (Lipinski definition) is 2. The van der Waals surface area contributed by atoms with Crippen molar-refractivity contribution in [3.63, 3.8) is 0 Å². The quantitative estimate of drug-likeness (QED) is 0.786. The monoisotopic (exact) mass is 297 g/mol. The fourth-order valence-corrected chi connectivity index (χ4v) is 2.60. The molecule has 0 fully saturated rings. The summed E-state index contributed by atoms with van der Waals surface area (Å²) in [6.07, 6.45) is 1.63. The zero-order valence-corrected chi connectivity index (χ0v) is 12.6. The van der Waals surface area contributed by atoms with Gasteiger partial charge in [-0.25, -0.2) is 9.37 Å². The van der Waals surface area contributed by atoms with Crippen LogP contribution in [0.25, 0.3) is 10.9 Å². The summed E-state index contributed by atoms with van der Waals surface area (Å²) in [6, 6.07) is 7.57. The van der Waals surface area contributed by atoms with Crippen LogP contribution in [-0.4, -0.2) is 15.5 Å². The standard InChI is InChI=1S/C17H16FN3O/c1-10-11(2)21(3)16-14(10)8-9-19-15(16)17(22)20-13-6-4-12(18)5-7-13/h4-9H,1-3H3,(H,20,22). The molecule has 4 nitrogen and oxygen atoms in total. The van der Waals surface area contributed by atoms with E-state index in [2.05, 4.69) is 10.3 Å². The molecule has 3 rings (SSSR count). The van der Waals surface area contributed by atoms with Gasteiger partial charge in [0, 0.05) is 30.0 Å². The van der Waals surface area contributed by atoms with Crippen molar-refractivity contribution in [1.82, 2.24) is 9.55 Å². The van der Waals surface area contributed by atoms with E-state index in [9.17, 15) is 9.18 Å². The van der Waals surface area contributed by atoms with Crippen LogP contribution in [0.1, 0.15) is 21.7 Å². The summed E-state index contributed by atoms with van der Waals surface area (Å²) in [7, 11) is 1.92. The number of nitrogens with zero attached hydrogens (tertiary/aromatic N) is 2. The van der Waals surface area contributed by atoms with Crippen LogP contribution in [0, 0.1) is 19.7 Å². The molecule has 0 saturated heterocycles. The maximum absolute atomic E-state index is 12.9. The molecule has 0 aliphatic heterocycles. The predicted octanol–water partition coefficient (Wildman–Crippen LogP) is 3.58. The van der Waals surface area contributed by atoms with E-state index in [4.69, 9.17) is 0 Å². The molecule has 3 aromatic rings. The number of benzene rings is 1. The van der Waals surface area contributed by atoms with E-state index in [-0.39, 0.29) is 11.7 Å². The van der Waals surface area contributed by atoms with Crippen LogP contribution in [0.4, 0.5) is 10.1 Å². The van der Waals surface area contributed by atoms with E-state index in [0.717, 1.165) is 22.2 Å². The highest BCUT2D eigenvalue weighted by molar-refractivity contribution is 6.11. The van der Waals surface area contributed by atoms with Crippen molar-refractivity contribution in [2.45, 2.75) is 13.8 Å². The first-order valence-corrected chi connectivity index (χ1v) is 6.96. The molecule has 112 valence electrons. The number of aromatic nitrogens is 2. The molecule has 0 spiro atoms. The summed E-state index contributed by atoms with van der Waals surface area (Å²) in [5.74, 6) is -0.648. The smallest absolute Gasteiger partial charge is 0.276 e. The molecular formula is C17H16FN3O. The fourth-order valence-electron chi connectivity index (χ4n) is 2.60. The van der Waals surface area contributed by atoms with Crippen LogP contribution in [0.5, 0.6) is 0 Å². The van der Waals surface area contributed by atoms with Crippen LogP contribution >= 0.6 is 0 Å². The Bertz CT molecular complexity index is 866. The van der Waals surface area contributed by atoms with Gasteiger partial charge in [0.2, 0.25) is 0 Å². The molecule has 2 heterocycles. The highest BCUT2D eigenvalue weighted by Gasteiger charge is 2.18. The average molecular weight is 297 g/mol. The maximum Gasteiger partial charge on any atom is 0.276 e. The molecule has 0 saturated carbocycles. The Morgan fingerprint density at radius 2 is 1.86 bits per heavy atom. The molecule has 1 aromatic carbocycles. The molecule has 0 aliphatic carbocycles. The molecule has 2 aromatic heterocycles. The third-order valence-corrected chi connectivity index (χ3v) is 4.03. The zero-order chi connectivity index (χ0) is 15.9. The van der Waals surface area contributed by atoms with Gasteiger partial charge in [0.05, 0.1) is 5.52 Å². The lowest BCUT2D eigenvalue weighted by atomic mass is 10.1. The summed E-state index contributed by atoms with van der Waals surface area (Å²) in [5, 5.41) is 3.77. The molecule has 0 atom stereocenters. The SMILES string of the molecule is Cc1c(C)n(C)c2c(C(=O)Nc3ccc(F)cc3)nccc12. The first-order valence-electron chi connectivity index (χ1n) is 6.96. The number of aryl methyl sites for hydroxylation is 2. The third kappa shape index (κ3) is 2.24. The van der Waals surface area contributed by atoms with Gasteiger partial charge in [-0.15, -0.1) is 0 Å². The lowest BCUT2D eigenvalue weighted by Gasteiger charge is -2.07. The molecule has 0 unspecified atom stereocenters. The van der Waals surface area contributed by atoms with Crippen LogP contribution < -0.4 is 5.32 Å². The zero-order valence-electron chi connectivity index (χ0n) is 12.6. The highest BCUT2D eigenvalue weighted by atomic mass is 19.1. The Balaban J connectivity index is 2.04. The first kappa shape index (κ1) is 14.3. The lowest BCUT2D eigenvalue weighted by molar-refractivity contribution is 0.102. The van der Waals surface area contributed by atoms with Gasteiger partial charge in [-0.1, -0.05) is 0 Å². The predicted molar refractivity (Wildman–Crippen MR) is 84.5 cm³/mol. The van der Waals surface area contributed by atoms with Crippen molar-refractivity contribution >= 4 is 22.5 Å². The Morgan fingerprint density at radius 1 is 1.18 bits per heavy atom. The van der Waals surface area contributed by atoms with Crippen LogP contribution in [-0.2, 0) is 7.05 Å². The summed E-state index contributed by atoms with van der Waals surface area (Å²) in [4.78, 5) is 16.7. The number of nitrogens with one attached hydrogen (secondary N) is 1. The Labute approximate surface area is 127 Å². The molecule has 0 aliphatic rings. The number of fused-ring (bicyclic) bond motifs is 1. The molecule has 1 amide bonds. The lowest BCUT2D eigenvalue weighted by Crippen LogP contribution is -2.15. The fraction of sp³-hybridized carbons (Fsp3) is 0.176. The van der Waals surface area contributed by atoms with Crippen LogP contribution in [0.2, 0.25) is 0 Å². The number of pyridine rings is 1. The number of halogens is 1. The van der Waals surface area contributed by atoms with E-state index >= 15 is 0 Å². The van der Waals surface area contributed by atoms with Gasteiger partial charge in [-0.05, 0) is 49.7 Å². The number of carbonyl (C=O) groups excluding carboxylic acids is 1. The van der Waals surface area contributed by atoms with E-state index < -0.39 is 0 Å². The minimum Gasteiger partial charge on any atom is -0.346 e. The molecule has 22 heavy (non-hydrogen) atoms. The van der Waals surface area contributed by atoms with E-state index in [1.165, 1.54) is 24.3 Å². The number of carbonyl (C=O) groups is 1. The Hall–Kier alpha value is -2.69. The molecular weight excluding hydrogens is 281 g/mol. The molecule has 1 N–H and O–H groups in total. The van der Waals surface area contributed by atoms with Crippen molar-refractivity contribution < 1.29 is 9.18 Å². The van der Waals surface area contributed by atoms with Crippen molar-refractivity contribution in [2.75, 3.05) is 5.32 Å². The van der Waals surface area contributed by atoms with Crippen molar-refractivity contribution in [1.29, 1.82) is 0 Å². The minimum atomic E-state index is -0.341. The van der Waals surface area contributed by atoms with Crippen LogP contribution in [0.15, 0.2) is 36.5 Å². The van der Waals surface area contributed by atoms with Gasteiger partial charge < -0.3 is 9.88 Å². The Morgan fingerprint density at radius 3 is 2.55 bits per heavy atom. The third-order valence-electron chi connectivity index (χ3n) is 4.03. The average Bonchev–Trinajstić information content (AvgIpc) is 2.74. The second-order valence-corrected chi connectivity index (χ2v) is 5.29. The van der Waals surface area contributed by atoms with E-state index in [1.54, 1.807) is 6.20 Å². The second-order valence-electron chi connectivity index (χ2n) is 5.29. The number of amides is 1. The Kier molecular flexibility index (Phi) is 3.41. The number of hydrogen-bond donors (Lipinski definition) is 1. The van der Waals surface area contributed by atoms with Crippen molar-refractivity contribution in [3.05, 3.63) is 59.3 Å². The van der Waals surface area contributed by atoms with Gasteiger partial charge in [-0.2, -0.15) is 0 Å². The maximum atomic E-state index is 12.9. The second kappa shape index (κ2) is 5.26. The normalized spacial score (nSPS) is 10.9. The van der Waals surface area contributed by atoms with Crippen LogP contribution in [0.3, 0.4) is 0 Å². The first-order chi connectivity index (χ1) is 10.5. The van der Waals surface area contributed by atoms with Gasteiger partial charge in [0.15, 0.2) is 5.69 Å². The summed E-state index contributed by atoms with van der Waals surface area (Å²) < 4.78 is 14.9. The summed E-state index contributed by atoms with van der Waals surface area (Å²) in [6.45, 7) is 4.04. The van der Waals surface area contributed by atoms with Crippen molar-refractivity contribution in [3.8, 4) is 0 Å². The molecule has 0 bridgehead atoms. The number of rotatable bonds is 2. The van der Waals surface area contributed by atoms with Gasteiger partial charge in [-0.3, -0.25) is 4.79 Å². The minimum absolute atomic E-state index is 0.308. The summed E-state index contributed by atoms with van der Waals surface area (Å²) in [5.41, 5.74) is 3.93.